The van der Waals surface area contributed by atoms with Crippen molar-refractivity contribution in [2.45, 2.75) is 6.61 Å². The molecule has 3 rings (SSSR count). The zero-order chi connectivity index (χ0) is 16.8. The molecule has 0 amide bonds. The van der Waals surface area contributed by atoms with Crippen molar-refractivity contribution in [2.75, 3.05) is 7.11 Å². The van der Waals surface area contributed by atoms with Gasteiger partial charge >= 0.3 is 5.97 Å². The van der Waals surface area contributed by atoms with Crippen LogP contribution in [0.5, 0.6) is 5.75 Å². The molecular weight excluding hydrogens is 330 g/mol. The van der Waals surface area contributed by atoms with Crippen molar-refractivity contribution in [3.63, 3.8) is 0 Å². The smallest absolute Gasteiger partial charge is 0.331 e. The summed E-state index contributed by atoms with van der Waals surface area (Å²) >= 11 is 1.43. The number of carbonyl (C=O) groups is 1. The number of aromatic nitrogens is 3. The molecular formula is C16H13N3O4S. The molecule has 8 heteroatoms. The van der Waals surface area contributed by atoms with Gasteiger partial charge in [-0.25, -0.2) is 9.78 Å². The maximum Gasteiger partial charge on any atom is 0.331 e. The Morgan fingerprint density at radius 3 is 3.12 bits per heavy atom. The van der Waals surface area contributed by atoms with Crippen LogP contribution in [0.1, 0.15) is 10.9 Å². The van der Waals surface area contributed by atoms with Crippen LogP contribution in [-0.2, 0) is 16.1 Å². The largest absolute Gasteiger partial charge is 0.497 e. The molecule has 0 bridgehead atoms. The van der Waals surface area contributed by atoms with E-state index in [1.807, 2.05) is 23.6 Å². The van der Waals surface area contributed by atoms with Crippen LogP contribution in [0.25, 0.3) is 17.5 Å². The molecule has 1 aromatic carbocycles. The standard InChI is InChI=1S/C16H13N3O4S/c1-21-12-4-2-3-11(9-12)16-18-13(23-19-16)10-22-15(20)6-5-14-17-7-8-24-14/h2-9H,10H2,1H3/b6-5+. The van der Waals surface area contributed by atoms with E-state index in [-0.39, 0.29) is 12.5 Å². The van der Waals surface area contributed by atoms with Crippen molar-refractivity contribution < 1.29 is 18.8 Å². The Morgan fingerprint density at radius 1 is 1.42 bits per heavy atom. The highest BCUT2D eigenvalue weighted by Gasteiger charge is 2.10. The second kappa shape index (κ2) is 7.51. The van der Waals surface area contributed by atoms with Gasteiger partial charge in [0.2, 0.25) is 5.82 Å². The summed E-state index contributed by atoms with van der Waals surface area (Å²) in [6.45, 7) is -0.0992. The molecule has 0 saturated carbocycles. The number of thiazole rings is 1. The second-order valence-electron chi connectivity index (χ2n) is 4.56. The lowest BCUT2D eigenvalue weighted by Gasteiger charge is -1.99. The van der Waals surface area contributed by atoms with Crippen LogP contribution >= 0.6 is 11.3 Å². The van der Waals surface area contributed by atoms with Gasteiger partial charge in [-0.3, -0.25) is 0 Å². The summed E-state index contributed by atoms with van der Waals surface area (Å²) in [7, 11) is 1.58. The monoisotopic (exact) mass is 343 g/mol. The summed E-state index contributed by atoms with van der Waals surface area (Å²) < 4.78 is 15.3. The van der Waals surface area contributed by atoms with Gasteiger partial charge < -0.3 is 14.0 Å². The number of nitrogens with zero attached hydrogens (tertiary/aromatic N) is 3. The molecule has 2 aromatic heterocycles. The van der Waals surface area contributed by atoms with Crippen molar-refractivity contribution in [3.05, 3.63) is 52.8 Å². The fourth-order valence-corrected chi connectivity index (χ4v) is 2.36. The van der Waals surface area contributed by atoms with Crippen LogP contribution < -0.4 is 4.74 Å². The van der Waals surface area contributed by atoms with Crippen LogP contribution in [0.3, 0.4) is 0 Å². The topological polar surface area (TPSA) is 87.3 Å². The second-order valence-corrected chi connectivity index (χ2v) is 5.48. The molecule has 0 aliphatic carbocycles. The third kappa shape index (κ3) is 4.05. The fraction of sp³-hybridized carbons (Fsp3) is 0.125. The minimum absolute atomic E-state index is 0.0992. The van der Waals surface area contributed by atoms with Gasteiger partial charge in [-0.15, -0.1) is 11.3 Å². The summed E-state index contributed by atoms with van der Waals surface area (Å²) in [6, 6.07) is 7.27. The number of ether oxygens (including phenoxy) is 2. The number of hydrogen-bond donors (Lipinski definition) is 0. The van der Waals surface area contributed by atoms with Gasteiger partial charge in [-0.1, -0.05) is 17.3 Å². The SMILES string of the molecule is COc1cccc(-c2noc(COC(=O)/C=C/c3nccs3)n2)c1. The minimum Gasteiger partial charge on any atom is -0.497 e. The average Bonchev–Trinajstić information content (AvgIpc) is 3.30. The Hall–Kier alpha value is -3.00. The van der Waals surface area contributed by atoms with Gasteiger partial charge in [-0.05, 0) is 18.2 Å². The van der Waals surface area contributed by atoms with Crippen molar-refractivity contribution in [3.8, 4) is 17.1 Å². The van der Waals surface area contributed by atoms with Crippen LogP contribution in [0.2, 0.25) is 0 Å². The average molecular weight is 343 g/mol. The first-order chi connectivity index (χ1) is 11.7. The third-order valence-corrected chi connectivity index (χ3v) is 3.69. The summed E-state index contributed by atoms with van der Waals surface area (Å²) in [4.78, 5) is 19.9. The van der Waals surface area contributed by atoms with E-state index in [0.717, 1.165) is 10.6 Å². The first-order valence-electron chi connectivity index (χ1n) is 6.96. The van der Waals surface area contributed by atoms with E-state index >= 15 is 0 Å². The molecule has 0 N–H and O–H groups in total. The van der Waals surface area contributed by atoms with Gasteiger partial charge in [0.15, 0.2) is 6.61 Å². The van der Waals surface area contributed by atoms with E-state index < -0.39 is 5.97 Å². The molecule has 0 aliphatic rings. The number of benzene rings is 1. The molecule has 0 aliphatic heterocycles. The third-order valence-electron chi connectivity index (χ3n) is 2.95. The van der Waals surface area contributed by atoms with Gasteiger partial charge in [0.1, 0.15) is 10.8 Å². The number of carbonyl (C=O) groups excluding carboxylic acids is 1. The summed E-state index contributed by atoms with van der Waals surface area (Å²) in [5.41, 5.74) is 0.749. The molecule has 122 valence electrons. The van der Waals surface area contributed by atoms with E-state index in [4.69, 9.17) is 14.0 Å². The number of methoxy groups -OCH3 is 1. The predicted molar refractivity (Wildman–Crippen MR) is 87.2 cm³/mol. The molecule has 0 atom stereocenters. The van der Waals surface area contributed by atoms with Crippen LogP contribution in [0.15, 0.2) is 46.4 Å². The van der Waals surface area contributed by atoms with E-state index in [9.17, 15) is 4.79 Å². The predicted octanol–water partition coefficient (Wildman–Crippen LogP) is 2.96. The Labute approximate surface area is 141 Å². The molecule has 0 fully saturated rings. The lowest BCUT2D eigenvalue weighted by Crippen LogP contribution is -2.00. The van der Waals surface area contributed by atoms with Gasteiger partial charge in [-0.2, -0.15) is 4.98 Å². The molecule has 0 saturated heterocycles. The normalized spacial score (nSPS) is 10.9. The maximum atomic E-state index is 11.6. The first kappa shape index (κ1) is 15.9. The van der Waals surface area contributed by atoms with Crippen LogP contribution in [-0.4, -0.2) is 28.2 Å². The highest BCUT2D eigenvalue weighted by Crippen LogP contribution is 2.21. The molecule has 0 unspecified atom stereocenters. The van der Waals surface area contributed by atoms with E-state index in [0.29, 0.717) is 11.6 Å². The molecule has 7 nitrogen and oxygen atoms in total. The molecule has 0 spiro atoms. The lowest BCUT2D eigenvalue weighted by atomic mass is 10.2. The summed E-state index contributed by atoms with van der Waals surface area (Å²) in [5, 5.41) is 6.42. The van der Waals surface area contributed by atoms with E-state index in [1.165, 1.54) is 17.4 Å². The zero-order valence-electron chi connectivity index (χ0n) is 12.7. The Balaban J connectivity index is 1.58. The van der Waals surface area contributed by atoms with Crippen molar-refractivity contribution in [1.29, 1.82) is 0 Å². The highest BCUT2D eigenvalue weighted by molar-refractivity contribution is 7.10. The van der Waals surface area contributed by atoms with Gasteiger partial charge in [0.05, 0.1) is 7.11 Å². The summed E-state index contributed by atoms with van der Waals surface area (Å²) in [6.07, 6.45) is 4.55. The number of hydrogen-bond acceptors (Lipinski definition) is 8. The van der Waals surface area contributed by atoms with Crippen molar-refractivity contribution >= 4 is 23.4 Å². The number of esters is 1. The fourth-order valence-electron chi connectivity index (χ4n) is 1.83. The molecule has 2 heterocycles. The molecule has 24 heavy (non-hydrogen) atoms. The highest BCUT2D eigenvalue weighted by atomic mass is 32.1. The van der Waals surface area contributed by atoms with E-state index in [2.05, 4.69) is 15.1 Å². The Bertz CT molecular complexity index is 843. The van der Waals surface area contributed by atoms with Crippen molar-refractivity contribution in [2.24, 2.45) is 0 Å². The molecule has 0 radical (unpaired) electrons. The Kier molecular flexibility index (Phi) is 4.97. The van der Waals surface area contributed by atoms with E-state index in [1.54, 1.807) is 25.4 Å². The number of rotatable bonds is 6. The van der Waals surface area contributed by atoms with Crippen LogP contribution in [0.4, 0.5) is 0 Å². The zero-order valence-corrected chi connectivity index (χ0v) is 13.5. The summed E-state index contributed by atoms with van der Waals surface area (Å²) in [5.74, 6) is 0.797. The van der Waals surface area contributed by atoms with Gasteiger partial charge in [0.25, 0.3) is 5.89 Å². The lowest BCUT2D eigenvalue weighted by molar-refractivity contribution is -0.139. The quantitative estimate of drug-likeness (QED) is 0.502. The Morgan fingerprint density at radius 2 is 2.33 bits per heavy atom. The molecule has 3 aromatic rings. The van der Waals surface area contributed by atoms with Gasteiger partial charge in [0, 0.05) is 23.2 Å². The minimum atomic E-state index is -0.508. The first-order valence-corrected chi connectivity index (χ1v) is 7.84. The van der Waals surface area contributed by atoms with Crippen molar-refractivity contribution in [1.82, 2.24) is 15.1 Å². The van der Waals surface area contributed by atoms with Crippen LogP contribution in [0, 0.1) is 0 Å². The maximum absolute atomic E-state index is 11.6.